The van der Waals surface area contributed by atoms with Crippen molar-refractivity contribution in [3.05, 3.63) is 59.6 Å². The Kier molecular flexibility index (Phi) is 7.31. The number of carbonyl (C=O) groups excluding carboxylic acids is 2. The SMILES string of the molecule is CCOCCc1cc2n(n1)CC[C@@H](CNC(=O)c1ncn(Cc3ccccc3F)n1)C(=O)N2C. The molecule has 4 rings (SSSR count). The fourth-order valence-corrected chi connectivity index (χ4v) is 3.89. The molecule has 3 heterocycles. The van der Waals surface area contributed by atoms with Crippen molar-refractivity contribution < 1.29 is 18.7 Å². The molecule has 11 heteroatoms. The van der Waals surface area contributed by atoms with Crippen molar-refractivity contribution in [2.45, 2.75) is 32.9 Å². The van der Waals surface area contributed by atoms with Crippen molar-refractivity contribution in [1.82, 2.24) is 29.9 Å². The van der Waals surface area contributed by atoms with Gasteiger partial charge < -0.3 is 10.1 Å². The molecule has 0 fully saturated rings. The molecular formula is C23H28FN7O3. The predicted molar refractivity (Wildman–Crippen MR) is 122 cm³/mol. The van der Waals surface area contributed by atoms with Crippen LogP contribution in [0.5, 0.6) is 0 Å². The number of hydrogen-bond donors (Lipinski definition) is 1. The third kappa shape index (κ3) is 5.30. The van der Waals surface area contributed by atoms with E-state index in [4.69, 9.17) is 4.74 Å². The molecular weight excluding hydrogens is 441 g/mol. The number of anilines is 1. The number of ether oxygens (including phenoxy) is 1. The number of aromatic nitrogens is 5. The van der Waals surface area contributed by atoms with Gasteiger partial charge in [-0.25, -0.2) is 18.7 Å². The normalized spacial score (nSPS) is 15.8. The molecule has 1 aliphatic heterocycles. The fraction of sp³-hybridized carbons (Fsp3) is 0.435. The van der Waals surface area contributed by atoms with Crippen LogP contribution in [0.25, 0.3) is 0 Å². The van der Waals surface area contributed by atoms with E-state index in [9.17, 15) is 14.0 Å². The number of carbonyl (C=O) groups is 2. The van der Waals surface area contributed by atoms with Gasteiger partial charge in [0.25, 0.3) is 5.91 Å². The maximum atomic E-state index is 13.8. The minimum atomic E-state index is -0.483. The Hall–Kier alpha value is -3.60. The minimum Gasteiger partial charge on any atom is -0.381 e. The quantitative estimate of drug-likeness (QED) is 0.478. The Morgan fingerprint density at radius 3 is 2.91 bits per heavy atom. The molecule has 1 aliphatic rings. The molecule has 2 amide bonds. The smallest absolute Gasteiger partial charge is 0.290 e. The monoisotopic (exact) mass is 469 g/mol. The zero-order chi connectivity index (χ0) is 24.1. The van der Waals surface area contributed by atoms with E-state index in [1.54, 1.807) is 30.1 Å². The first kappa shape index (κ1) is 23.6. The lowest BCUT2D eigenvalue weighted by Crippen LogP contribution is -2.39. The van der Waals surface area contributed by atoms with Gasteiger partial charge in [-0.15, -0.1) is 5.10 Å². The van der Waals surface area contributed by atoms with Crippen molar-refractivity contribution in [3.63, 3.8) is 0 Å². The molecule has 1 atom stereocenters. The van der Waals surface area contributed by atoms with Gasteiger partial charge in [0.15, 0.2) is 0 Å². The molecule has 180 valence electrons. The van der Waals surface area contributed by atoms with Crippen LogP contribution in [0.1, 0.15) is 35.2 Å². The van der Waals surface area contributed by atoms with Gasteiger partial charge >= 0.3 is 0 Å². The second kappa shape index (κ2) is 10.6. The van der Waals surface area contributed by atoms with Crippen LogP contribution in [0.4, 0.5) is 10.2 Å². The minimum absolute atomic E-state index is 0.0300. The predicted octanol–water partition coefficient (Wildman–Crippen LogP) is 1.65. The van der Waals surface area contributed by atoms with Crippen LogP contribution in [-0.2, 0) is 29.0 Å². The first-order valence-electron chi connectivity index (χ1n) is 11.3. The molecule has 1 aromatic carbocycles. The molecule has 0 aliphatic carbocycles. The van der Waals surface area contributed by atoms with E-state index in [1.807, 2.05) is 17.7 Å². The first-order chi connectivity index (χ1) is 16.5. The summed E-state index contributed by atoms with van der Waals surface area (Å²) in [5.74, 6) is -0.614. The summed E-state index contributed by atoms with van der Waals surface area (Å²) in [6.07, 6.45) is 2.61. The fourth-order valence-electron chi connectivity index (χ4n) is 3.89. The second-order valence-electron chi connectivity index (χ2n) is 8.11. The number of halogens is 1. The van der Waals surface area contributed by atoms with Gasteiger partial charge in [0.2, 0.25) is 11.7 Å². The largest absolute Gasteiger partial charge is 0.381 e. The van der Waals surface area contributed by atoms with Gasteiger partial charge in [0.1, 0.15) is 18.0 Å². The maximum absolute atomic E-state index is 13.8. The molecule has 0 radical (unpaired) electrons. The number of amides is 2. The molecule has 2 aromatic heterocycles. The lowest BCUT2D eigenvalue weighted by molar-refractivity contribution is -0.121. The average molecular weight is 470 g/mol. The third-order valence-corrected chi connectivity index (χ3v) is 5.77. The highest BCUT2D eigenvalue weighted by Gasteiger charge is 2.30. The molecule has 0 saturated heterocycles. The number of rotatable bonds is 9. The van der Waals surface area contributed by atoms with Gasteiger partial charge in [0.05, 0.1) is 24.8 Å². The van der Waals surface area contributed by atoms with Gasteiger partial charge in [-0.2, -0.15) is 5.10 Å². The lowest BCUT2D eigenvalue weighted by atomic mass is 10.0. The van der Waals surface area contributed by atoms with E-state index >= 15 is 0 Å². The van der Waals surface area contributed by atoms with Crippen LogP contribution in [-0.4, -0.2) is 63.2 Å². The van der Waals surface area contributed by atoms with Crippen molar-refractivity contribution in [1.29, 1.82) is 0 Å². The molecule has 1 N–H and O–H groups in total. The number of benzene rings is 1. The van der Waals surface area contributed by atoms with Gasteiger partial charge in [0, 0.05) is 44.8 Å². The van der Waals surface area contributed by atoms with Gasteiger partial charge in [-0.1, -0.05) is 18.2 Å². The summed E-state index contributed by atoms with van der Waals surface area (Å²) >= 11 is 0. The van der Waals surface area contributed by atoms with Crippen molar-refractivity contribution in [2.24, 2.45) is 5.92 Å². The van der Waals surface area contributed by atoms with Crippen molar-refractivity contribution >= 4 is 17.6 Å². The van der Waals surface area contributed by atoms with Crippen LogP contribution in [0.3, 0.4) is 0 Å². The van der Waals surface area contributed by atoms with E-state index in [-0.39, 0.29) is 30.6 Å². The molecule has 10 nitrogen and oxygen atoms in total. The summed E-state index contributed by atoms with van der Waals surface area (Å²) < 4.78 is 22.5. The highest BCUT2D eigenvalue weighted by Crippen LogP contribution is 2.24. The highest BCUT2D eigenvalue weighted by atomic mass is 19.1. The molecule has 34 heavy (non-hydrogen) atoms. The second-order valence-corrected chi connectivity index (χ2v) is 8.11. The van der Waals surface area contributed by atoms with Crippen LogP contribution < -0.4 is 10.2 Å². The highest BCUT2D eigenvalue weighted by molar-refractivity contribution is 5.95. The van der Waals surface area contributed by atoms with Crippen LogP contribution in [0.15, 0.2) is 36.7 Å². The number of hydrogen-bond acceptors (Lipinski definition) is 6. The Morgan fingerprint density at radius 2 is 2.12 bits per heavy atom. The number of aryl methyl sites for hydroxylation is 1. The van der Waals surface area contributed by atoms with E-state index in [1.165, 1.54) is 17.1 Å². The Bertz CT molecular complexity index is 1160. The van der Waals surface area contributed by atoms with Gasteiger partial charge in [-0.3, -0.25) is 14.5 Å². The van der Waals surface area contributed by atoms with Crippen molar-refractivity contribution in [3.8, 4) is 0 Å². The summed E-state index contributed by atoms with van der Waals surface area (Å²) in [6.45, 7) is 4.07. The maximum Gasteiger partial charge on any atom is 0.290 e. The Morgan fingerprint density at radius 1 is 1.29 bits per heavy atom. The van der Waals surface area contributed by atoms with E-state index in [0.29, 0.717) is 38.2 Å². The molecule has 0 spiro atoms. The average Bonchev–Trinajstić information content (AvgIpc) is 3.45. The summed E-state index contributed by atoms with van der Waals surface area (Å²) in [5, 5.41) is 11.5. The van der Waals surface area contributed by atoms with Crippen LogP contribution in [0, 0.1) is 11.7 Å². The summed E-state index contributed by atoms with van der Waals surface area (Å²) in [5.41, 5.74) is 1.33. The van der Waals surface area contributed by atoms with Crippen LogP contribution >= 0.6 is 0 Å². The first-order valence-corrected chi connectivity index (χ1v) is 11.3. The summed E-state index contributed by atoms with van der Waals surface area (Å²) in [6, 6.07) is 8.27. The van der Waals surface area contributed by atoms with Gasteiger partial charge in [-0.05, 0) is 19.4 Å². The summed E-state index contributed by atoms with van der Waals surface area (Å²) in [4.78, 5) is 31.2. The van der Waals surface area contributed by atoms with E-state index in [0.717, 1.165) is 11.5 Å². The lowest BCUT2D eigenvalue weighted by Gasteiger charge is -2.19. The number of fused-ring (bicyclic) bond motifs is 1. The zero-order valence-electron chi connectivity index (χ0n) is 19.3. The van der Waals surface area contributed by atoms with Crippen LogP contribution in [0.2, 0.25) is 0 Å². The standard InChI is InChI=1S/C23H28FN7O3/c1-3-34-11-9-18-12-20-29(2)23(33)16(8-10-31(20)27-18)13-25-22(32)21-26-15-30(28-21)14-17-6-4-5-7-19(17)24/h4-7,12,15-16H,3,8-11,13-14H2,1-2H3,(H,25,32)/t16-/m0/s1. The summed E-state index contributed by atoms with van der Waals surface area (Å²) in [7, 11) is 1.72. The number of nitrogens with one attached hydrogen (secondary N) is 1. The van der Waals surface area contributed by atoms with E-state index in [2.05, 4.69) is 20.5 Å². The molecule has 3 aromatic rings. The molecule has 0 bridgehead atoms. The van der Waals surface area contributed by atoms with E-state index < -0.39 is 11.8 Å². The molecule has 0 unspecified atom stereocenters. The topological polar surface area (TPSA) is 107 Å². The van der Waals surface area contributed by atoms with Crippen molar-refractivity contribution in [2.75, 3.05) is 31.7 Å². The number of nitrogens with zero attached hydrogens (tertiary/aromatic N) is 6. The third-order valence-electron chi connectivity index (χ3n) is 5.77. The molecule has 0 saturated carbocycles. The Balaban J connectivity index is 1.33. The zero-order valence-corrected chi connectivity index (χ0v) is 19.3. The Labute approximate surface area is 196 Å².